The molecule has 2 aliphatic heterocycles. The number of fused-ring (bicyclic) bond motifs is 1. The molecule has 2 atom stereocenters. The number of aromatic nitrogens is 4. The molecule has 0 aliphatic carbocycles. The van der Waals surface area contributed by atoms with Crippen molar-refractivity contribution >= 4 is 46.0 Å². The SMILES string of the molecule is C[C@@H](Nc1nc(N2CCN([C@H]3CCCN(CCO)C3)CC2)nc2cn(C)nc12)c1ccc(Cl)cc1Cl. The molecular formula is C25H34Cl2N8O. The summed E-state index contributed by atoms with van der Waals surface area (Å²) in [4.78, 5) is 17.0. The number of β-amino-alcohol motifs (C(OH)–C–C–N with tert-alkyl or cyclic N) is 1. The zero-order valence-electron chi connectivity index (χ0n) is 20.9. The van der Waals surface area contributed by atoms with E-state index < -0.39 is 0 Å². The van der Waals surface area contributed by atoms with Crippen LogP contribution in [-0.4, -0.2) is 93.1 Å². The molecule has 9 nitrogen and oxygen atoms in total. The van der Waals surface area contributed by atoms with Gasteiger partial charge in [0, 0.05) is 62.4 Å². The minimum Gasteiger partial charge on any atom is -0.395 e. The Hall–Kier alpha value is -2.17. The zero-order valence-corrected chi connectivity index (χ0v) is 22.4. The van der Waals surface area contributed by atoms with Crippen LogP contribution in [0.3, 0.4) is 0 Å². The Morgan fingerprint density at radius 1 is 1.14 bits per heavy atom. The van der Waals surface area contributed by atoms with Crippen LogP contribution >= 0.6 is 23.2 Å². The lowest BCUT2D eigenvalue weighted by molar-refractivity contribution is 0.0812. The number of halogens is 2. The topological polar surface area (TPSA) is 85.6 Å². The third-order valence-electron chi connectivity index (χ3n) is 7.26. The maximum atomic E-state index is 9.32. The van der Waals surface area contributed by atoms with Gasteiger partial charge in [0.1, 0.15) is 5.52 Å². The van der Waals surface area contributed by atoms with Crippen LogP contribution in [-0.2, 0) is 7.05 Å². The van der Waals surface area contributed by atoms with Crippen molar-refractivity contribution < 1.29 is 5.11 Å². The summed E-state index contributed by atoms with van der Waals surface area (Å²) < 4.78 is 1.77. The van der Waals surface area contributed by atoms with Crippen LogP contribution in [0.15, 0.2) is 24.4 Å². The van der Waals surface area contributed by atoms with Crippen LogP contribution in [0, 0.1) is 0 Å². The summed E-state index contributed by atoms with van der Waals surface area (Å²) in [5, 5.41) is 18.7. The lowest BCUT2D eigenvalue weighted by Crippen LogP contribution is -2.55. The Morgan fingerprint density at radius 3 is 2.69 bits per heavy atom. The first kappa shape index (κ1) is 25.5. The first-order chi connectivity index (χ1) is 17.4. The van der Waals surface area contributed by atoms with Gasteiger partial charge in [-0.2, -0.15) is 10.1 Å². The largest absolute Gasteiger partial charge is 0.395 e. The Morgan fingerprint density at radius 2 is 1.94 bits per heavy atom. The predicted octanol–water partition coefficient (Wildman–Crippen LogP) is 3.42. The molecule has 3 aromatic rings. The molecule has 2 N–H and O–H groups in total. The number of benzene rings is 1. The molecule has 0 unspecified atom stereocenters. The third-order valence-corrected chi connectivity index (χ3v) is 7.82. The number of hydrogen-bond donors (Lipinski definition) is 2. The van der Waals surface area contributed by atoms with Gasteiger partial charge >= 0.3 is 0 Å². The van der Waals surface area contributed by atoms with E-state index in [9.17, 15) is 5.11 Å². The number of likely N-dealkylation sites (tertiary alicyclic amines) is 1. The molecular weight excluding hydrogens is 499 g/mol. The highest BCUT2D eigenvalue weighted by Gasteiger charge is 2.29. The fourth-order valence-electron chi connectivity index (χ4n) is 5.35. The summed E-state index contributed by atoms with van der Waals surface area (Å²) in [5.41, 5.74) is 2.50. The van der Waals surface area contributed by atoms with Gasteiger partial charge in [-0.25, -0.2) is 4.98 Å². The van der Waals surface area contributed by atoms with Crippen LogP contribution < -0.4 is 10.2 Å². The van der Waals surface area contributed by atoms with Gasteiger partial charge in [-0.15, -0.1) is 0 Å². The van der Waals surface area contributed by atoms with E-state index in [4.69, 9.17) is 33.2 Å². The molecule has 0 amide bonds. The molecule has 2 aliphatic rings. The zero-order chi connectivity index (χ0) is 25.2. The molecule has 11 heteroatoms. The predicted molar refractivity (Wildman–Crippen MR) is 145 cm³/mol. The second-order valence-electron chi connectivity index (χ2n) is 9.78. The van der Waals surface area contributed by atoms with Crippen LogP contribution in [0.2, 0.25) is 10.0 Å². The van der Waals surface area contributed by atoms with Crippen LogP contribution in [0.4, 0.5) is 11.8 Å². The van der Waals surface area contributed by atoms with E-state index in [0.717, 1.165) is 68.4 Å². The highest BCUT2D eigenvalue weighted by molar-refractivity contribution is 6.35. The number of piperidine rings is 1. The number of aliphatic hydroxyl groups is 1. The lowest BCUT2D eigenvalue weighted by Gasteiger charge is -2.43. The van der Waals surface area contributed by atoms with Gasteiger partial charge in [0.25, 0.3) is 0 Å². The van der Waals surface area contributed by atoms with Crippen molar-refractivity contribution in [2.24, 2.45) is 7.05 Å². The highest BCUT2D eigenvalue weighted by atomic mass is 35.5. The van der Waals surface area contributed by atoms with Gasteiger partial charge in [-0.1, -0.05) is 29.3 Å². The smallest absolute Gasteiger partial charge is 0.228 e. The Bertz CT molecular complexity index is 1190. The third kappa shape index (κ3) is 5.55. The van der Waals surface area contributed by atoms with Crippen molar-refractivity contribution in [2.45, 2.75) is 31.8 Å². The van der Waals surface area contributed by atoms with Crippen LogP contribution in [0.1, 0.15) is 31.4 Å². The molecule has 2 fully saturated rings. The number of rotatable bonds is 7. The Labute approximate surface area is 222 Å². The van der Waals surface area contributed by atoms with Crippen LogP contribution in [0.25, 0.3) is 11.0 Å². The number of nitrogens with one attached hydrogen (secondary N) is 1. The highest BCUT2D eigenvalue weighted by Crippen LogP contribution is 2.31. The summed E-state index contributed by atoms with van der Waals surface area (Å²) in [7, 11) is 1.90. The molecule has 36 heavy (non-hydrogen) atoms. The van der Waals surface area contributed by atoms with Crippen molar-refractivity contribution in [1.29, 1.82) is 0 Å². The average Bonchev–Trinajstić information content (AvgIpc) is 3.25. The molecule has 2 saturated heterocycles. The number of anilines is 2. The first-order valence-corrected chi connectivity index (χ1v) is 13.4. The number of hydrogen-bond acceptors (Lipinski definition) is 8. The van der Waals surface area contributed by atoms with Crippen molar-refractivity contribution in [3.63, 3.8) is 0 Å². The molecule has 194 valence electrons. The van der Waals surface area contributed by atoms with Crippen molar-refractivity contribution in [3.8, 4) is 0 Å². The molecule has 0 spiro atoms. The van der Waals surface area contributed by atoms with Gasteiger partial charge in [0.2, 0.25) is 5.95 Å². The molecule has 1 aromatic carbocycles. The fourth-order valence-corrected chi connectivity index (χ4v) is 5.92. The van der Waals surface area contributed by atoms with Gasteiger partial charge in [-0.05, 0) is 44.0 Å². The van der Waals surface area contributed by atoms with E-state index in [0.29, 0.717) is 21.9 Å². The van der Waals surface area contributed by atoms with Crippen molar-refractivity contribution in [2.75, 3.05) is 62.6 Å². The summed E-state index contributed by atoms with van der Waals surface area (Å²) in [5.74, 6) is 1.42. The molecule has 5 rings (SSSR count). The minimum absolute atomic E-state index is 0.0901. The molecule has 0 radical (unpaired) electrons. The monoisotopic (exact) mass is 532 g/mol. The maximum absolute atomic E-state index is 9.32. The summed E-state index contributed by atoms with van der Waals surface area (Å²) >= 11 is 12.6. The lowest BCUT2D eigenvalue weighted by atomic mass is 10.0. The standard InChI is InChI=1S/C25H34Cl2N8O/c1-17(20-6-5-18(26)14-21(20)27)28-24-23-22(16-32(2)31-23)29-25(30-24)35-10-8-34(9-11-35)19-4-3-7-33(15-19)12-13-36/h5-6,14,16-17,19,36H,3-4,7-13,15H2,1-2H3,(H,28,29,30)/t17-,19+/m1/s1. The number of aryl methyl sites for hydroxylation is 1. The first-order valence-electron chi connectivity index (χ1n) is 12.7. The van der Waals surface area contributed by atoms with Gasteiger partial charge in [0.15, 0.2) is 11.3 Å². The van der Waals surface area contributed by atoms with E-state index in [2.05, 4.69) is 32.0 Å². The number of nitrogens with zero attached hydrogens (tertiary/aromatic N) is 7. The molecule has 4 heterocycles. The fraction of sp³-hybridized carbons (Fsp3) is 0.560. The maximum Gasteiger partial charge on any atom is 0.228 e. The Balaban J connectivity index is 1.32. The quantitative estimate of drug-likeness (QED) is 0.478. The number of aliphatic hydroxyl groups excluding tert-OH is 1. The van der Waals surface area contributed by atoms with Crippen molar-refractivity contribution in [1.82, 2.24) is 29.5 Å². The van der Waals surface area contributed by atoms with Gasteiger partial charge in [-0.3, -0.25) is 14.5 Å². The summed E-state index contributed by atoms with van der Waals surface area (Å²) in [6.07, 6.45) is 4.34. The molecule has 2 aromatic heterocycles. The normalized spacial score (nSPS) is 20.7. The minimum atomic E-state index is -0.0901. The van der Waals surface area contributed by atoms with E-state index in [1.165, 1.54) is 12.8 Å². The molecule has 0 saturated carbocycles. The summed E-state index contributed by atoms with van der Waals surface area (Å²) in [6.45, 7) is 8.88. The van der Waals surface area contributed by atoms with Gasteiger partial charge in [0.05, 0.1) is 18.8 Å². The van der Waals surface area contributed by atoms with Crippen LogP contribution in [0.5, 0.6) is 0 Å². The summed E-state index contributed by atoms with van der Waals surface area (Å²) in [6, 6.07) is 6.00. The van der Waals surface area contributed by atoms with E-state index in [-0.39, 0.29) is 12.6 Å². The van der Waals surface area contributed by atoms with E-state index >= 15 is 0 Å². The molecule has 0 bridgehead atoms. The second kappa shape index (κ2) is 11.1. The van der Waals surface area contributed by atoms with Gasteiger partial charge < -0.3 is 15.3 Å². The number of piperazine rings is 1. The second-order valence-corrected chi connectivity index (χ2v) is 10.6. The average molecular weight is 534 g/mol. The van der Waals surface area contributed by atoms with E-state index in [1.807, 2.05) is 25.4 Å². The van der Waals surface area contributed by atoms with E-state index in [1.54, 1.807) is 10.7 Å². The van der Waals surface area contributed by atoms with Crippen molar-refractivity contribution in [3.05, 3.63) is 40.0 Å². The Kier molecular flexibility index (Phi) is 7.83.